The number of alkyl halides is 3. The number of nitriles is 1. The molecule has 1 saturated heterocycles. The van der Waals surface area contributed by atoms with Crippen LogP contribution < -0.4 is 21.1 Å². The Hall–Kier alpha value is -2.67. The molecule has 1 saturated carbocycles. The first-order chi connectivity index (χ1) is 13.4. The highest BCUT2D eigenvalue weighted by Gasteiger charge is 2.31. The maximum absolute atomic E-state index is 12.8. The molecular weight excluding hydrogens is 371 g/mol. The number of nitrogens with zero attached hydrogens (tertiary/aromatic N) is 2. The van der Waals surface area contributed by atoms with Crippen LogP contribution in [0.25, 0.3) is 11.3 Å². The molecule has 2 atom stereocenters. The molecule has 2 fully saturated rings. The summed E-state index contributed by atoms with van der Waals surface area (Å²) in [5.41, 5.74) is 9.53. The van der Waals surface area contributed by atoms with Crippen molar-refractivity contribution < 1.29 is 17.9 Å². The van der Waals surface area contributed by atoms with Gasteiger partial charge in [0, 0.05) is 11.8 Å². The van der Waals surface area contributed by atoms with Crippen molar-refractivity contribution >= 4 is 0 Å². The van der Waals surface area contributed by atoms with Gasteiger partial charge in [-0.05, 0) is 54.7 Å². The van der Waals surface area contributed by atoms with Crippen LogP contribution in [0.4, 0.5) is 13.2 Å². The van der Waals surface area contributed by atoms with Gasteiger partial charge in [0.2, 0.25) is 0 Å². The van der Waals surface area contributed by atoms with E-state index in [0.29, 0.717) is 29.5 Å². The summed E-state index contributed by atoms with van der Waals surface area (Å²) in [6.07, 6.45) is -1.33. The van der Waals surface area contributed by atoms with Crippen molar-refractivity contribution in [2.24, 2.45) is 5.92 Å². The Morgan fingerprint density at radius 2 is 2.00 bits per heavy atom. The predicted molar refractivity (Wildman–Crippen MR) is 94.4 cm³/mol. The quantitative estimate of drug-likeness (QED) is 0.729. The van der Waals surface area contributed by atoms with E-state index in [2.05, 4.69) is 27.4 Å². The SMILES string of the molecule is N#CC1NNNC1c1cc(OCC2CC2)cc(-c2ccc(C(F)(F)F)cn2)c1. The summed E-state index contributed by atoms with van der Waals surface area (Å²) in [5, 5.41) is 9.30. The van der Waals surface area contributed by atoms with Crippen LogP contribution in [-0.4, -0.2) is 17.6 Å². The van der Waals surface area contributed by atoms with Crippen LogP contribution in [0, 0.1) is 17.2 Å². The van der Waals surface area contributed by atoms with E-state index >= 15 is 0 Å². The van der Waals surface area contributed by atoms with Crippen molar-refractivity contribution in [1.82, 2.24) is 21.4 Å². The third-order valence-corrected chi connectivity index (χ3v) is 4.78. The molecule has 1 aromatic carbocycles. The van der Waals surface area contributed by atoms with E-state index in [1.165, 1.54) is 6.07 Å². The summed E-state index contributed by atoms with van der Waals surface area (Å²) < 4.78 is 44.3. The van der Waals surface area contributed by atoms with Gasteiger partial charge in [-0.1, -0.05) is 0 Å². The van der Waals surface area contributed by atoms with Gasteiger partial charge in [0.1, 0.15) is 11.8 Å². The van der Waals surface area contributed by atoms with E-state index in [1.807, 2.05) is 6.07 Å². The van der Waals surface area contributed by atoms with E-state index in [4.69, 9.17) is 4.74 Å². The Morgan fingerprint density at radius 3 is 2.64 bits per heavy atom. The van der Waals surface area contributed by atoms with Crippen LogP contribution in [0.1, 0.15) is 30.0 Å². The van der Waals surface area contributed by atoms with Gasteiger partial charge in [0.25, 0.3) is 0 Å². The highest BCUT2D eigenvalue weighted by Crippen LogP contribution is 2.34. The molecule has 2 aromatic rings. The summed E-state index contributed by atoms with van der Waals surface area (Å²) in [5.74, 6) is 1.16. The molecule has 2 aliphatic rings. The van der Waals surface area contributed by atoms with Crippen LogP contribution in [0.3, 0.4) is 0 Å². The first kappa shape index (κ1) is 18.7. The van der Waals surface area contributed by atoms with Gasteiger partial charge in [0.05, 0.1) is 30.0 Å². The van der Waals surface area contributed by atoms with E-state index in [-0.39, 0.29) is 6.04 Å². The number of hydrazine groups is 2. The molecule has 4 rings (SSSR count). The summed E-state index contributed by atoms with van der Waals surface area (Å²) >= 11 is 0. The highest BCUT2D eigenvalue weighted by atomic mass is 19.4. The molecular formula is C19H18F3N5O. The zero-order chi connectivity index (χ0) is 19.7. The van der Waals surface area contributed by atoms with E-state index < -0.39 is 17.8 Å². The molecule has 2 unspecified atom stereocenters. The third kappa shape index (κ3) is 4.09. The number of nitrogens with one attached hydrogen (secondary N) is 3. The lowest BCUT2D eigenvalue weighted by molar-refractivity contribution is -0.137. The minimum absolute atomic E-state index is 0.345. The Balaban J connectivity index is 1.67. The third-order valence-electron chi connectivity index (χ3n) is 4.78. The molecule has 1 aliphatic heterocycles. The lowest BCUT2D eigenvalue weighted by Gasteiger charge is -2.16. The van der Waals surface area contributed by atoms with Crippen LogP contribution in [0.2, 0.25) is 0 Å². The normalized spacial score (nSPS) is 22.1. The van der Waals surface area contributed by atoms with Crippen molar-refractivity contribution in [3.8, 4) is 23.1 Å². The lowest BCUT2D eigenvalue weighted by atomic mass is 9.97. The number of hydrogen-bond acceptors (Lipinski definition) is 6. The molecule has 0 amide bonds. The topological polar surface area (TPSA) is 82.0 Å². The van der Waals surface area contributed by atoms with Crippen molar-refractivity contribution in [3.05, 3.63) is 47.7 Å². The average Bonchev–Trinajstić information content (AvgIpc) is 3.40. The second-order valence-corrected chi connectivity index (χ2v) is 6.97. The molecule has 28 heavy (non-hydrogen) atoms. The molecule has 2 heterocycles. The first-order valence-electron chi connectivity index (χ1n) is 8.91. The fourth-order valence-electron chi connectivity index (χ4n) is 3.01. The molecule has 9 heteroatoms. The van der Waals surface area contributed by atoms with Crippen molar-refractivity contribution in [3.63, 3.8) is 0 Å². The Bertz CT molecular complexity index is 890. The smallest absolute Gasteiger partial charge is 0.417 e. The zero-order valence-corrected chi connectivity index (χ0v) is 14.8. The predicted octanol–water partition coefficient (Wildman–Crippen LogP) is 3.10. The number of benzene rings is 1. The van der Waals surface area contributed by atoms with Gasteiger partial charge in [-0.3, -0.25) is 4.98 Å². The van der Waals surface area contributed by atoms with Crippen molar-refractivity contribution in [1.29, 1.82) is 5.26 Å². The van der Waals surface area contributed by atoms with Crippen molar-refractivity contribution in [2.75, 3.05) is 6.61 Å². The number of pyridine rings is 1. The van der Waals surface area contributed by atoms with Crippen LogP contribution in [0.5, 0.6) is 5.75 Å². The molecule has 1 aromatic heterocycles. The van der Waals surface area contributed by atoms with Gasteiger partial charge < -0.3 is 4.74 Å². The summed E-state index contributed by atoms with van der Waals surface area (Å²) in [4.78, 5) is 3.98. The van der Waals surface area contributed by atoms with Gasteiger partial charge in [-0.25, -0.2) is 10.9 Å². The minimum Gasteiger partial charge on any atom is -0.493 e. The van der Waals surface area contributed by atoms with Crippen LogP contribution >= 0.6 is 0 Å². The zero-order valence-electron chi connectivity index (χ0n) is 14.8. The molecule has 0 radical (unpaired) electrons. The minimum atomic E-state index is -4.43. The number of ether oxygens (including phenoxy) is 1. The van der Waals surface area contributed by atoms with Gasteiger partial charge in [-0.15, -0.1) is 0 Å². The fourth-order valence-corrected chi connectivity index (χ4v) is 3.01. The number of hydrogen-bond donors (Lipinski definition) is 3. The van der Waals surface area contributed by atoms with Gasteiger partial charge >= 0.3 is 6.18 Å². The lowest BCUT2D eigenvalue weighted by Crippen LogP contribution is -2.32. The summed E-state index contributed by atoms with van der Waals surface area (Å²) in [7, 11) is 0. The second kappa shape index (κ2) is 7.39. The Labute approximate surface area is 159 Å². The van der Waals surface area contributed by atoms with Crippen LogP contribution in [-0.2, 0) is 6.18 Å². The Morgan fingerprint density at radius 1 is 1.18 bits per heavy atom. The molecule has 0 spiro atoms. The Kier molecular flexibility index (Phi) is 4.93. The molecule has 3 N–H and O–H groups in total. The average molecular weight is 389 g/mol. The monoisotopic (exact) mass is 389 g/mol. The van der Waals surface area contributed by atoms with E-state index in [0.717, 1.165) is 30.7 Å². The van der Waals surface area contributed by atoms with Crippen LogP contribution in [0.15, 0.2) is 36.5 Å². The largest absolute Gasteiger partial charge is 0.493 e. The van der Waals surface area contributed by atoms with Crippen molar-refractivity contribution in [2.45, 2.75) is 31.1 Å². The highest BCUT2D eigenvalue weighted by molar-refractivity contribution is 5.63. The maximum atomic E-state index is 12.8. The molecule has 0 bridgehead atoms. The van der Waals surface area contributed by atoms with Gasteiger partial charge in [0.15, 0.2) is 0 Å². The van der Waals surface area contributed by atoms with Gasteiger partial charge in [-0.2, -0.15) is 24.0 Å². The second-order valence-electron chi connectivity index (χ2n) is 6.97. The fraction of sp³-hybridized carbons (Fsp3) is 0.368. The summed E-state index contributed by atoms with van der Waals surface area (Å²) in [6.45, 7) is 0.597. The molecule has 146 valence electrons. The number of aromatic nitrogens is 1. The first-order valence-corrected chi connectivity index (χ1v) is 8.91. The number of rotatable bonds is 5. The van der Waals surface area contributed by atoms with E-state index in [1.54, 1.807) is 12.1 Å². The van der Waals surface area contributed by atoms with E-state index in [9.17, 15) is 18.4 Å². The summed E-state index contributed by atoms with van der Waals surface area (Å²) in [6, 6.07) is 9.06. The molecule has 6 nitrogen and oxygen atoms in total. The molecule has 1 aliphatic carbocycles. The number of halogens is 3. The standard InChI is InChI=1S/C19H18F3N5O/c20-19(21,22)14-3-4-16(24-9-14)12-5-13(18-17(8-23)25-27-26-18)7-15(6-12)28-10-11-1-2-11/h3-7,9,11,17-18,25-27H,1-2,10H2. The maximum Gasteiger partial charge on any atom is 0.417 e.